The highest BCUT2D eigenvalue weighted by atomic mass is 16.3. The second kappa shape index (κ2) is 16.8. The number of hydrogen-bond donors (Lipinski definition) is 0. The standard InChI is InChI=1S/C64H44N4O/c1-6-18-49(19-7-1)65(50-20-8-2-9-21-50)54-34-30-45(31-35-54)61-40-47-42-64-48(43-63(69-64)46-32-36-55(37-33-46)66(51-22-10-3-11-23-51)52-24-12-4-13-25-52)41-62(47)68(61)56-38-39-60-58(44-56)57-28-16-17-29-59(57)67(60)53-26-14-5-15-27-53/h1-44H. The monoisotopic (exact) mass is 884 g/mol. The van der Waals surface area contributed by atoms with E-state index in [1.807, 2.05) is 0 Å². The molecule has 0 spiro atoms. The normalized spacial score (nSPS) is 11.5. The van der Waals surface area contributed by atoms with Gasteiger partial charge in [0.1, 0.15) is 11.3 Å². The van der Waals surface area contributed by atoms with Crippen molar-refractivity contribution >= 4 is 77.8 Å². The van der Waals surface area contributed by atoms with Gasteiger partial charge in [-0.3, -0.25) is 0 Å². The van der Waals surface area contributed by atoms with E-state index in [4.69, 9.17) is 4.42 Å². The lowest BCUT2D eigenvalue weighted by atomic mass is 10.1. The molecule has 0 bridgehead atoms. The van der Waals surface area contributed by atoms with Crippen LogP contribution in [0.2, 0.25) is 0 Å². The first-order chi connectivity index (χ1) is 34.2. The highest BCUT2D eigenvalue weighted by Crippen LogP contribution is 2.42. The molecule has 0 saturated carbocycles. The molecule has 69 heavy (non-hydrogen) atoms. The second-order valence-electron chi connectivity index (χ2n) is 17.4. The summed E-state index contributed by atoms with van der Waals surface area (Å²) in [7, 11) is 0. The Morgan fingerprint density at radius 3 is 1.33 bits per heavy atom. The fourth-order valence-corrected chi connectivity index (χ4v) is 10.1. The Kier molecular flexibility index (Phi) is 9.76. The first-order valence-electron chi connectivity index (χ1n) is 23.4. The SMILES string of the molecule is c1ccc(N(c2ccccc2)c2ccc(-c3cc4cc5c(cc(-c6ccc(N(c7ccccc7)c7ccccc7)cc6)n5-c5ccc6c(c5)c5ccccc5n6-c5ccccc5)cc4o3)cc2)cc1. The summed E-state index contributed by atoms with van der Waals surface area (Å²) < 4.78 is 11.5. The van der Waals surface area contributed by atoms with Gasteiger partial charge in [0.05, 0.1) is 22.2 Å². The molecule has 3 heterocycles. The molecule has 0 aliphatic carbocycles. The third-order valence-electron chi connectivity index (χ3n) is 13.3. The number of anilines is 6. The Morgan fingerprint density at radius 2 is 0.768 bits per heavy atom. The molecule has 0 fully saturated rings. The summed E-state index contributed by atoms with van der Waals surface area (Å²) in [6.07, 6.45) is 0. The number of nitrogens with zero attached hydrogens (tertiary/aromatic N) is 4. The average molecular weight is 885 g/mol. The molecule has 13 rings (SSSR count). The lowest BCUT2D eigenvalue weighted by Gasteiger charge is -2.25. The fraction of sp³-hybridized carbons (Fsp3) is 0. The zero-order chi connectivity index (χ0) is 45.7. The third-order valence-corrected chi connectivity index (χ3v) is 13.3. The van der Waals surface area contributed by atoms with Gasteiger partial charge in [0, 0.05) is 72.6 Å². The zero-order valence-electron chi connectivity index (χ0n) is 37.6. The van der Waals surface area contributed by atoms with Gasteiger partial charge < -0.3 is 23.4 Å². The molecule has 0 atom stereocenters. The molecule has 0 aliphatic rings. The molecule has 0 aliphatic heterocycles. The quantitative estimate of drug-likeness (QED) is 0.137. The summed E-state index contributed by atoms with van der Waals surface area (Å²) in [5.41, 5.74) is 16.3. The summed E-state index contributed by atoms with van der Waals surface area (Å²) in [5.74, 6) is 0.828. The van der Waals surface area contributed by atoms with Crippen molar-refractivity contribution < 1.29 is 4.42 Å². The Labute approximate surface area is 400 Å². The van der Waals surface area contributed by atoms with Crippen LogP contribution in [0.4, 0.5) is 34.1 Å². The topological polar surface area (TPSA) is 29.5 Å². The largest absolute Gasteiger partial charge is 0.456 e. The molecule has 5 nitrogen and oxygen atoms in total. The molecule has 10 aromatic carbocycles. The maximum Gasteiger partial charge on any atom is 0.135 e. The first-order valence-corrected chi connectivity index (χ1v) is 23.4. The molecule has 0 N–H and O–H groups in total. The molecule has 0 radical (unpaired) electrons. The molecule has 0 saturated heterocycles. The van der Waals surface area contributed by atoms with E-state index < -0.39 is 0 Å². The maximum atomic E-state index is 6.74. The number of aromatic nitrogens is 2. The van der Waals surface area contributed by atoms with Crippen LogP contribution in [0.3, 0.4) is 0 Å². The van der Waals surface area contributed by atoms with Crippen molar-refractivity contribution in [3.05, 3.63) is 267 Å². The molecule has 0 amide bonds. The summed E-state index contributed by atoms with van der Waals surface area (Å²) in [6, 6.07) is 95.0. The number of fused-ring (bicyclic) bond motifs is 5. The minimum Gasteiger partial charge on any atom is -0.456 e. The van der Waals surface area contributed by atoms with Crippen LogP contribution in [0.1, 0.15) is 0 Å². The molecular formula is C64H44N4O. The summed E-state index contributed by atoms with van der Waals surface area (Å²) in [6.45, 7) is 0. The van der Waals surface area contributed by atoms with Gasteiger partial charge in [-0.2, -0.15) is 0 Å². The Balaban J connectivity index is 0.945. The lowest BCUT2D eigenvalue weighted by molar-refractivity contribution is 0.632. The summed E-state index contributed by atoms with van der Waals surface area (Å²) in [5, 5.41) is 4.55. The van der Waals surface area contributed by atoms with E-state index in [1.54, 1.807) is 0 Å². The molecule has 0 unspecified atom stereocenters. The number of hydrogen-bond acceptors (Lipinski definition) is 3. The second-order valence-corrected chi connectivity index (χ2v) is 17.4. The third kappa shape index (κ3) is 7.12. The molecular weight excluding hydrogens is 841 g/mol. The van der Waals surface area contributed by atoms with Crippen molar-refractivity contribution in [3.63, 3.8) is 0 Å². The van der Waals surface area contributed by atoms with Crippen LogP contribution in [-0.4, -0.2) is 9.13 Å². The van der Waals surface area contributed by atoms with E-state index in [0.29, 0.717) is 0 Å². The fourth-order valence-electron chi connectivity index (χ4n) is 10.1. The van der Waals surface area contributed by atoms with Crippen LogP contribution in [0.5, 0.6) is 0 Å². The van der Waals surface area contributed by atoms with Crippen LogP contribution in [0.15, 0.2) is 271 Å². The summed E-state index contributed by atoms with van der Waals surface area (Å²) >= 11 is 0. The van der Waals surface area contributed by atoms with Gasteiger partial charge in [0.15, 0.2) is 0 Å². The maximum absolute atomic E-state index is 6.74. The molecule has 326 valence electrons. The lowest BCUT2D eigenvalue weighted by Crippen LogP contribution is -2.09. The van der Waals surface area contributed by atoms with Crippen molar-refractivity contribution in [1.82, 2.24) is 9.13 Å². The number of rotatable bonds is 10. The number of furan rings is 1. The minimum absolute atomic E-state index is 0.828. The van der Waals surface area contributed by atoms with E-state index >= 15 is 0 Å². The van der Waals surface area contributed by atoms with Crippen molar-refractivity contribution in [3.8, 4) is 34.0 Å². The van der Waals surface area contributed by atoms with Crippen LogP contribution in [0, 0.1) is 0 Å². The highest BCUT2D eigenvalue weighted by Gasteiger charge is 2.20. The minimum atomic E-state index is 0.828. The number of para-hydroxylation sites is 6. The predicted molar refractivity (Wildman–Crippen MR) is 288 cm³/mol. The van der Waals surface area contributed by atoms with Crippen LogP contribution in [0.25, 0.3) is 77.6 Å². The van der Waals surface area contributed by atoms with Crippen LogP contribution < -0.4 is 9.80 Å². The van der Waals surface area contributed by atoms with Crippen molar-refractivity contribution in [1.29, 1.82) is 0 Å². The van der Waals surface area contributed by atoms with Gasteiger partial charge in [-0.15, -0.1) is 0 Å². The van der Waals surface area contributed by atoms with E-state index in [1.165, 1.54) is 21.8 Å². The van der Waals surface area contributed by atoms with Gasteiger partial charge in [-0.05, 0) is 151 Å². The van der Waals surface area contributed by atoms with Gasteiger partial charge in [-0.1, -0.05) is 121 Å². The highest BCUT2D eigenvalue weighted by molar-refractivity contribution is 6.10. The zero-order valence-corrected chi connectivity index (χ0v) is 37.6. The van der Waals surface area contributed by atoms with Crippen molar-refractivity contribution in [2.24, 2.45) is 0 Å². The molecule has 5 heteroatoms. The van der Waals surface area contributed by atoms with Gasteiger partial charge >= 0.3 is 0 Å². The van der Waals surface area contributed by atoms with E-state index in [-0.39, 0.29) is 0 Å². The smallest absolute Gasteiger partial charge is 0.135 e. The van der Waals surface area contributed by atoms with Gasteiger partial charge in [-0.25, -0.2) is 0 Å². The van der Waals surface area contributed by atoms with Crippen molar-refractivity contribution in [2.45, 2.75) is 0 Å². The van der Waals surface area contributed by atoms with Crippen molar-refractivity contribution in [2.75, 3.05) is 9.80 Å². The van der Waals surface area contributed by atoms with E-state index in [2.05, 4.69) is 286 Å². The van der Waals surface area contributed by atoms with Crippen LogP contribution >= 0.6 is 0 Å². The first kappa shape index (κ1) is 40.0. The Hall–Kier alpha value is -9.32. The predicted octanol–water partition coefficient (Wildman–Crippen LogP) is 17.7. The Morgan fingerprint density at radius 1 is 0.290 bits per heavy atom. The molecule has 13 aromatic rings. The van der Waals surface area contributed by atoms with E-state index in [9.17, 15) is 0 Å². The van der Waals surface area contributed by atoms with Gasteiger partial charge in [0.25, 0.3) is 0 Å². The molecule has 3 aromatic heterocycles. The van der Waals surface area contributed by atoms with Gasteiger partial charge in [0.2, 0.25) is 0 Å². The number of benzene rings is 10. The van der Waals surface area contributed by atoms with E-state index in [0.717, 1.165) is 90.0 Å². The average Bonchev–Trinajstić information content (AvgIpc) is 4.11. The summed E-state index contributed by atoms with van der Waals surface area (Å²) in [4.78, 5) is 4.58. The Bertz CT molecular complexity index is 3840. The van der Waals surface area contributed by atoms with Crippen LogP contribution in [-0.2, 0) is 0 Å².